The van der Waals surface area contributed by atoms with E-state index in [0.717, 1.165) is 15.4 Å². The van der Waals surface area contributed by atoms with Crippen molar-refractivity contribution in [3.05, 3.63) is 88.9 Å². The number of rotatable bonds is 13. The van der Waals surface area contributed by atoms with Crippen LogP contribution in [0.2, 0.25) is 5.02 Å². The van der Waals surface area contributed by atoms with Gasteiger partial charge in [-0.15, -0.1) is 0 Å². The Labute approximate surface area is 241 Å². The van der Waals surface area contributed by atoms with E-state index in [1.54, 1.807) is 24.3 Å². The van der Waals surface area contributed by atoms with Gasteiger partial charge in [0, 0.05) is 18.1 Å². The van der Waals surface area contributed by atoms with E-state index in [9.17, 15) is 18.0 Å². The number of ether oxygens (including phenoxy) is 1. The first-order valence-corrected chi connectivity index (χ1v) is 15.1. The van der Waals surface area contributed by atoms with Crippen molar-refractivity contribution < 1.29 is 22.7 Å². The first-order valence-electron chi connectivity index (χ1n) is 13.2. The molecule has 0 aliphatic carbocycles. The van der Waals surface area contributed by atoms with Crippen molar-refractivity contribution in [2.45, 2.75) is 51.6 Å². The molecule has 0 bridgehead atoms. The summed E-state index contributed by atoms with van der Waals surface area (Å²) in [7, 11) is -4.18. The SMILES string of the molecule is CCNC(=O)[C@@H](CC)N(Cc1cccc(C)c1)C(=O)CN(c1ccc(OCC)cc1)S(=O)(=O)c1ccc(Cl)cc1. The zero-order chi connectivity index (χ0) is 29.3. The fourth-order valence-corrected chi connectivity index (χ4v) is 5.90. The number of hydrogen-bond donors (Lipinski definition) is 1. The summed E-state index contributed by atoms with van der Waals surface area (Å²) in [6.45, 7) is 7.93. The predicted molar refractivity (Wildman–Crippen MR) is 158 cm³/mol. The monoisotopic (exact) mass is 585 g/mol. The summed E-state index contributed by atoms with van der Waals surface area (Å²) in [5, 5.41) is 3.19. The Balaban J connectivity index is 2.06. The molecule has 8 nitrogen and oxygen atoms in total. The van der Waals surface area contributed by atoms with Crippen molar-refractivity contribution >= 4 is 39.1 Å². The first kappa shape index (κ1) is 31.0. The van der Waals surface area contributed by atoms with E-state index in [1.807, 2.05) is 52.0 Å². The molecule has 40 heavy (non-hydrogen) atoms. The zero-order valence-corrected chi connectivity index (χ0v) is 24.8. The molecule has 0 heterocycles. The summed E-state index contributed by atoms with van der Waals surface area (Å²) >= 11 is 6.00. The number of benzene rings is 3. The van der Waals surface area contributed by atoms with Gasteiger partial charge in [0.2, 0.25) is 11.8 Å². The van der Waals surface area contributed by atoms with Crippen LogP contribution in [0.15, 0.2) is 77.7 Å². The van der Waals surface area contributed by atoms with Crippen LogP contribution in [0.3, 0.4) is 0 Å². The van der Waals surface area contributed by atoms with Crippen LogP contribution >= 0.6 is 11.6 Å². The molecule has 214 valence electrons. The standard InChI is InChI=1S/C30H36ClN3O5S/c1-5-28(30(36)32-6-2)33(20-23-10-8-9-22(4)19-23)29(35)21-34(25-13-15-26(16-14-25)39-7-3)40(37,38)27-17-11-24(31)12-18-27/h8-19,28H,5-7,20-21H2,1-4H3,(H,32,36)/t28-/m1/s1. The molecule has 0 aliphatic heterocycles. The Morgan fingerprint density at radius 3 is 2.23 bits per heavy atom. The molecule has 0 aliphatic rings. The zero-order valence-electron chi connectivity index (χ0n) is 23.3. The van der Waals surface area contributed by atoms with Crippen LogP contribution in [-0.2, 0) is 26.2 Å². The largest absolute Gasteiger partial charge is 0.494 e. The maximum Gasteiger partial charge on any atom is 0.264 e. The molecule has 1 atom stereocenters. The number of aryl methyl sites for hydroxylation is 1. The first-order chi connectivity index (χ1) is 19.1. The molecule has 10 heteroatoms. The van der Waals surface area contributed by atoms with Crippen LogP contribution in [0.1, 0.15) is 38.3 Å². The van der Waals surface area contributed by atoms with Gasteiger partial charge in [-0.3, -0.25) is 13.9 Å². The van der Waals surface area contributed by atoms with Crippen molar-refractivity contribution in [2.75, 3.05) is 24.0 Å². The minimum Gasteiger partial charge on any atom is -0.494 e. The van der Waals surface area contributed by atoms with Crippen molar-refractivity contribution in [3.63, 3.8) is 0 Å². The second-order valence-corrected chi connectivity index (χ2v) is 11.5. The lowest BCUT2D eigenvalue weighted by atomic mass is 10.1. The molecule has 2 amide bonds. The number of sulfonamides is 1. The van der Waals surface area contributed by atoms with Gasteiger partial charge in [0.05, 0.1) is 17.2 Å². The van der Waals surface area contributed by atoms with Crippen molar-refractivity contribution in [1.82, 2.24) is 10.2 Å². The van der Waals surface area contributed by atoms with Crippen LogP contribution in [0.4, 0.5) is 5.69 Å². The van der Waals surface area contributed by atoms with Gasteiger partial charge in [0.15, 0.2) is 0 Å². The Bertz CT molecular complexity index is 1400. The molecule has 3 rings (SSSR count). The van der Waals surface area contributed by atoms with E-state index >= 15 is 0 Å². The third kappa shape index (κ3) is 7.76. The van der Waals surface area contributed by atoms with Gasteiger partial charge in [0.25, 0.3) is 10.0 Å². The van der Waals surface area contributed by atoms with E-state index in [2.05, 4.69) is 5.32 Å². The van der Waals surface area contributed by atoms with E-state index in [4.69, 9.17) is 16.3 Å². The van der Waals surface area contributed by atoms with E-state index in [0.29, 0.717) is 30.3 Å². The molecule has 0 radical (unpaired) electrons. The van der Waals surface area contributed by atoms with Crippen molar-refractivity contribution in [3.8, 4) is 5.75 Å². The van der Waals surface area contributed by atoms with Gasteiger partial charge in [0.1, 0.15) is 18.3 Å². The third-order valence-corrected chi connectivity index (χ3v) is 8.33. The lowest BCUT2D eigenvalue weighted by molar-refractivity contribution is -0.140. The molecule has 0 saturated carbocycles. The van der Waals surface area contributed by atoms with Gasteiger partial charge < -0.3 is 15.0 Å². The van der Waals surface area contributed by atoms with Gasteiger partial charge >= 0.3 is 0 Å². The maximum atomic E-state index is 14.0. The van der Waals surface area contributed by atoms with Crippen molar-refractivity contribution in [2.24, 2.45) is 0 Å². The predicted octanol–water partition coefficient (Wildman–Crippen LogP) is 5.19. The molecule has 1 N–H and O–H groups in total. The van der Waals surface area contributed by atoms with E-state index in [1.165, 1.54) is 29.2 Å². The molecular weight excluding hydrogens is 550 g/mol. The fourth-order valence-electron chi connectivity index (χ4n) is 4.36. The van der Waals surface area contributed by atoms with E-state index in [-0.39, 0.29) is 23.0 Å². The quantitative estimate of drug-likeness (QED) is 0.298. The second kappa shape index (κ2) is 14.2. The molecule has 0 unspecified atom stereocenters. The highest BCUT2D eigenvalue weighted by molar-refractivity contribution is 7.92. The van der Waals surface area contributed by atoms with Crippen molar-refractivity contribution in [1.29, 1.82) is 0 Å². The average molecular weight is 586 g/mol. The molecular formula is C30H36ClN3O5S. The average Bonchev–Trinajstić information content (AvgIpc) is 2.92. The molecule has 0 aromatic heterocycles. The normalized spacial score (nSPS) is 11.9. The number of halogens is 1. The molecule has 3 aromatic rings. The lowest BCUT2D eigenvalue weighted by Gasteiger charge is -2.33. The van der Waals surface area contributed by atoms with Gasteiger partial charge in [-0.25, -0.2) is 8.42 Å². The molecule has 0 fully saturated rings. The van der Waals surface area contributed by atoms with Gasteiger partial charge in [-0.2, -0.15) is 0 Å². The summed E-state index contributed by atoms with van der Waals surface area (Å²) in [6.07, 6.45) is 0.358. The number of anilines is 1. The van der Waals surface area contributed by atoms with Gasteiger partial charge in [-0.05, 0) is 81.3 Å². The second-order valence-electron chi connectivity index (χ2n) is 9.22. The number of nitrogens with zero attached hydrogens (tertiary/aromatic N) is 2. The number of amides is 2. The highest BCUT2D eigenvalue weighted by Crippen LogP contribution is 2.27. The number of carbonyl (C=O) groups excluding carboxylic acids is 2. The Morgan fingerprint density at radius 1 is 0.975 bits per heavy atom. The Hall–Kier alpha value is -3.56. The summed E-state index contributed by atoms with van der Waals surface area (Å²) in [5.74, 6) is -0.227. The smallest absolute Gasteiger partial charge is 0.264 e. The number of nitrogens with one attached hydrogen (secondary N) is 1. The summed E-state index contributed by atoms with van der Waals surface area (Å²) in [5.41, 5.74) is 2.13. The summed E-state index contributed by atoms with van der Waals surface area (Å²) in [4.78, 5) is 28.5. The van der Waals surface area contributed by atoms with Gasteiger partial charge in [-0.1, -0.05) is 48.4 Å². The summed E-state index contributed by atoms with van der Waals surface area (Å²) < 4.78 is 34.4. The van der Waals surface area contributed by atoms with Crippen LogP contribution in [0.5, 0.6) is 5.75 Å². The topological polar surface area (TPSA) is 96.0 Å². The minimum absolute atomic E-state index is 0.0143. The number of carbonyl (C=O) groups is 2. The summed E-state index contributed by atoms with van der Waals surface area (Å²) in [6, 6.07) is 19.1. The van der Waals surface area contributed by atoms with Crippen LogP contribution in [-0.4, -0.2) is 50.9 Å². The molecule has 0 saturated heterocycles. The molecule has 0 spiro atoms. The molecule has 3 aromatic carbocycles. The van der Waals surface area contributed by atoms with Crippen LogP contribution < -0.4 is 14.4 Å². The van der Waals surface area contributed by atoms with Crippen LogP contribution in [0, 0.1) is 6.92 Å². The van der Waals surface area contributed by atoms with E-state index < -0.39 is 28.5 Å². The minimum atomic E-state index is -4.18. The number of hydrogen-bond acceptors (Lipinski definition) is 5. The number of likely N-dealkylation sites (N-methyl/N-ethyl adjacent to an activating group) is 1. The van der Waals surface area contributed by atoms with Crippen LogP contribution in [0.25, 0.3) is 0 Å². The Morgan fingerprint density at radius 2 is 1.65 bits per heavy atom. The fraction of sp³-hybridized carbons (Fsp3) is 0.333. The lowest BCUT2D eigenvalue weighted by Crippen LogP contribution is -2.52. The highest BCUT2D eigenvalue weighted by Gasteiger charge is 2.33. The Kier molecular flexibility index (Phi) is 11.0. The maximum absolute atomic E-state index is 14.0. The third-order valence-electron chi connectivity index (χ3n) is 6.29. The highest BCUT2D eigenvalue weighted by atomic mass is 35.5.